The third-order valence-electron chi connectivity index (χ3n) is 2.67. The largest absolute Gasteiger partial charge is 0.477 e. The molecular formula is C15H11N3O4. The lowest BCUT2D eigenvalue weighted by atomic mass is 10.3. The molecule has 0 aliphatic carbocycles. The van der Waals surface area contributed by atoms with Crippen LogP contribution in [-0.4, -0.2) is 27.2 Å². The average Bonchev–Trinajstić information content (AvgIpc) is 2.52. The molecule has 1 N–H and O–H groups in total. The SMILES string of the molecule is N#CC=CCOc1ncc(C(=O)O)c(=O)n1-c1ccccc1. The number of nitrogens with zero attached hydrogens (tertiary/aromatic N) is 3. The Bertz CT molecular complexity index is 804. The zero-order chi connectivity index (χ0) is 15.9. The van der Waals surface area contributed by atoms with Crippen molar-refractivity contribution in [2.24, 2.45) is 0 Å². The molecule has 1 aromatic carbocycles. The van der Waals surface area contributed by atoms with Gasteiger partial charge in [0.25, 0.3) is 5.56 Å². The second-order valence-electron chi connectivity index (χ2n) is 4.08. The number of carboxylic acids is 1. The summed E-state index contributed by atoms with van der Waals surface area (Å²) in [6, 6.07) is 10.2. The van der Waals surface area contributed by atoms with Gasteiger partial charge < -0.3 is 9.84 Å². The molecule has 0 unspecified atom stereocenters. The highest BCUT2D eigenvalue weighted by molar-refractivity contribution is 5.86. The summed E-state index contributed by atoms with van der Waals surface area (Å²) in [7, 11) is 0. The van der Waals surface area contributed by atoms with Crippen molar-refractivity contribution in [3.63, 3.8) is 0 Å². The van der Waals surface area contributed by atoms with E-state index >= 15 is 0 Å². The fourth-order valence-corrected chi connectivity index (χ4v) is 1.72. The van der Waals surface area contributed by atoms with Gasteiger partial charge in [0.1, 0.15) is 12.2 Å². The Labute approximate surface area is 125 Å². The van der Waals surface area contributed by atoms with Crippen LogP contribution < -0.4 is 10.3 Å². The quantitative estimate of drug-likeness (QED) is 0.836. The number of benzene rings is 1. The number of allylic oxidation sites excluding steroid dienone is 1. The van der Waals surface area contributed by atoms with Crippen LogP contribution in [0.1, 0.15) is 10.4 Å². The van der Waals surface area contributed by atoms with Crippen LogP contribution in [-0.2, 0) is 0 Å². The Hall–Kier alpha value is -3.40. The summed E-state index contributed by atoms with van der Waals surface area (Å²) in [6.07, 6.45) is 3.64. The number of carboxylic acid groups (broad SMARTS) is 1. The number of nitriles is 1. The van der Waals surface area contributed by atoms with Crippen LogP contribution >= 0.6 is 0 Å². The number of aromatic nitrogens is 2. The number of aromatic carboxylic acids is 1. The molecule has 110 valence electrons. The molecule has 0 bridgehead atoms. The lowest BCUT2D eigenvalue weighted by molar-refractivity contribution is 0.0693. The third kappa shape index (κ3) is 3.19. The number of carbonyl (C=O) groups is 1. The van der Waals surface area contributed by atoms with Crippen molar-refractivity contribution in [1.29, 1.82) is 5.26 Å². The molecule has 7 heteroatoms. The minimum atomic E-state index is -1.36. The predicted molar refractivity (Wildman–Crippen MR) is 77.0 cm³/mol. The molecule has 0 fully saturated rings. The van der Waals surface area contributed by atoms with Crippen molar-refractivity contribution in [3.05, 3.63) is 64.6 Å². The fourth-order valence-electron chi connectivity index (χ4n) is 1.72. The lowest BCUT2D eigenvalue weighted by Gasteiger charge is -2.12. The van der Waals surface area contributed by atoms with E-state index in [4.69, 9.17) is 15.1 Å². The summed E-state index contributed by atoms with van der Waals surface area (Å²) in [6.45, 7) is 0.0270. The fraction of sp³-hybridized carbons (Fsp3) is 0.0667. The zero-order valence-electron chi connectivity index (χ0n) is 11.3. The summed E-state index contributed by atoms with van der Waals surface area (Å²) in [4.78, 5) is 27.3. The molecule has 1 heterocycles. The normalized spacial score (nSPS) is 10.3. The van der Waals surface area contributed by atoms with E-state index in [1.807, 2.05) is 6.07 Å². The third-order valence-corrected chi connectivity index (χ3v) is 2.67. The summed E-state index contributed by atoms with van der Waals surface area (Å²) in [5.74, 6) is -1.36. The molecule has 0 saturated heterocycles. The monoisotopic (exact) mass is 297 g/mol. The van der Waals surface area contributed by atoms with Crippen molar-refractivity contribution in [1.82, 2.24) is 9.55 Å². The highest BCUT2D eigenvalue weighted by atomic mass is 16.5. The van der Waals surface area contributed by atoms with E-state index in [0.29, 0.717) is 5.69 Å². The van der Waals surface area contributed by atoms with Gasteiger partial charge in [-0.1, -0.05) is 18.2 Å². The molecule has 0 atom stereocenters. The highest BCUT2D eigenvalue weighted by Gasteiger charge is 2.17. The van der Waals surface area contributed by atoms with Gasteiger partial charge >= 0.3 is 12.0 Å². The van der Waals surface area contributed by atoms with Gasteiger partial charge in [-0.3, -0.25) is 4.79 Å². The van der Waals surface area contributed by atoms with Gasteiger partial charge in [-0.15, -0.1) is 0 Å². The van der Waals surface area contributed by atoms with E-state index in [1.165, 1.54) is 12.2 Å². The highest BCUT2D eigenvalue weighted by Crippen LogP contribution is 2.13. The van der Waals surface area contributed by atoms with Crippen LogP contribution in [0.4, 0.5) is 0 Å². The molecular weight excluding hydrogens is 286 g/mol. The van der Waals surface area contributed by atoms with Crippen LogP contribution in [0, 0.1) is 11.3 Å². The van der Waals surface area contributed by atoms with Crippen molar-refractivity contribution in [3.8, 4) is 17.8 Å². The standard InChI is InChI=1S/C15H11N3O4/c16-8-4-5-9-22-15-17-10-12(14(20)21)13(19)18(15)11-6-2-1-3-7-11/h1-7,10H,9H2,(H,20,21). The van der Waals surface area contributed by atoms with E-state index in [2.05, 4.69) is 4.98 Å². The number of ether oxygens (including phenoxy) is 1. The minimum absolute atomic E-state index is 0.0270. The van der Waals surface area contributed by atoms with Gasteiger partial charge in [-0.05, 0) is 18.2 Å². The van der Waals surface area contributed by atoms with Crippen molar-refractivity contribution in [2.75, 3.05) is 6.61 Å². The first kappa shape index (κ1) is 15.0. The van der Waals surface area contributed by atoms with Crippen molar-refractivity contribution in [2.45, 2.75) is 0 Å². The Morgan fingerprint density at radius 2 is 2.14 bits per heavy atom. The maximum absolute atomic E-state index is 12.3. The lowest BCUT2D eigenvalue weighted by Crippen LogP contribution is -2.27. The molecule has 0 saturated carbocycles. The topological polar surface area (TPSA) is 105 Å². The molecule has 0 aliphatic heterocycles. The maximum atomic E-state index is 12.3. The van der Waals surface area contributed by atoms with Crippen molar-refractivity contribution >= 4 is 5.97 Å². The van der Waals surface area contributed by atoms with E-state index < -0.39 is 17.1 Å². The van der Waals surface area contributed by atoms with Crippen LogP contribution in [0.3, 0.4) is 0 Å². The van der Waals surface area contributed by atoms with Gasteiger partial charge in [-0.25, -0.2) is 14.3 Å². The van der Waals surface area contributed by atoms with E-state index in [9.17, 15) is 9.59 Å². The molecule has 7 nitrogen and oxygen atoms in total. The van der Waals surface area contributed by atoms with Crippen LogP contribution in [0.5, 0.6) is 6.01 Å². The Balaban J connectivity index is 2.52. The summed E-state index contributed by atoms with van der Waals surface area (Å²) in [5, 5.41) is 17.4. The Morgan fingerprint density at radius 1 is 1.41 bits per heavy atom. The minimum Gasteiger partial charge on any atom is -0.477 e. The molecule has 2 aromatic rings. The predicted octanol–water partition coefficient (Wildman–Crippen LogP) is 1.39. The number of rotatable bonds is 5. The number of para-hydroxylation sites is 1. The second kappa shape index (κ2) is 6.85. The van der Waals surface area contributed by atoms with E-state index in [-0.39, 0.29) is 12.6 Å². The van der Waals surface area contributed by atoms with Crippen LogP contribution in [0.2, 0.25) is 0 Å². The van der Waals surface area contributed by atoms with Crippen molar-refractivity contribution < 1.29 is 14.6 Å². The number of hydrogen-bond acceptors (Lipinski definition) is 5. The first-order valence-corrected chi connectivity index (χ1v) is 6.23. The maximum Gasteiger partial charge on any atom is 0.342 e. The second-order valence-corrected chi connectivity index (χ2v) is 4.08. The zero-order valence-corrected chi connectivity index (χ0v) is 11.3. The molecule has 22 heavy (non-hydrogen) atoms. The Morgan fingerprint density at radius 3 is 2.77 bits per heavy atom. The van der Waals surface area contributed by atoms with Gasteiger partial charge in [0.2, 0.25) is 0 Å². The molecule has 2 rings (SSSR count). The summed E-state index contributed by atoms with van der Waals surface area (Å²) < 4.78 is 6.40. The molecule has 0 spiro atoms. The van der Waals surface area contributed by atoms with Gasteiger partial charge in [0, 0.05) is 6.08 Å². The van der Waals surface area contributed by atoms with E-state index in [0.717, 1.165) is 10.8 Å². The molecule has 0 aliphatic rings. The van der Waals surface area contributed by atoms with Crippen LogP contribution in [0.15, 0.2) is 53.5 Å². The Kier molecular flexibility index (Phi) is 4.67. The van der Waals surface area contributed by atoms with E-state index in [1.54, 1.807) is 30.3 Å². The molecule has 0 radical (unpaired) electrons. The average molecular weight is 297 g/mol. The first-order valence-electron chi connectivity index (χ1n) is 6.23. The van der Waals surface area contributed by atoms with Gasteiger partial charge in [-0.2, -0.15) is 5.26 Å². The summed E-state index contributed by atoms with van der Waals surface area (Å²) in [5.41, 5.74) is -0.765. The first-order chi connectivity index (χ1) is 10.6. The summed E-state index contributed by atoms with van der Waals surface area (Å²) >= 11 is 0. The van der Waals surface area contributed by atoms with Gasteiger partial charge in [0.05, 0.1) is 18.0 Å². The molecule has 1 aromatic heterocycles. The van der Waals surface area contributed by atoms with Crippen LogP contribution in [0.25, 0.3) is 5.69 Å². The van der Waals surface area contributed by atoms with Gasteiger partial charge in [0.15, 0.2) is 0 Å². The molecule has 0 amide bonds. The smallest absolute Gasteiger partial charge is 0.342 e. The number of hydrogen-bond donors (Lipinski definition) is 1.